The van der Waals surface area contributed by atoms with E-state index >= 15 is 0 Å². The van der Waals surface area contributed by atoms with Gasteiger partial charge in [-0.05, 0) is 16.8 Å². The van der Waals surface area contributed by atoms with E-state index in [2.05, 4.69) is 5.32 Å². The summed E-state index contributed by atoms with van der Waals surface area (Å²) >= 11 is 0. The average molecular weight is 199 g/mol. The van der Waals surface area contributed by atoms with Crippen LogP contribution < -0.4 is 10.1 Å². The molecule has 3 heteroatoms. The molecule has 0 aliphatic carbocycles. The molecule has 0 fully saturated rings. The summed E-state index contributed by atoms with van der Waals surface area (Å²) in [6.45, 7) is 0.537. The maximum absolute atomic E-state index is 11.0. The Morgan fingerprint density at radius 3 is 2.93 bits per heavy atom. The van der Waals surface area contributed by atoms with E-state index in [4.69, 9.17) is 4.74 Å². The Bertz CT molecular complexity index is 548. The number of carbonyl (C=O) groups excluding carboxylic acids is 1. The van der Waals surface area contributed by atoms with Crippen molar-refractivity contribution in [3.8, 4) is 5.75 Å². The van der Waals surface area contributed by atoms with Crippen LogP contribution in [0.25, 0.3) is 10.8 Å². The molecule has 1 heterocycles. The molecule has 0 unspecified atom stereocenters. The Morgan fingerprint density at radius 1 is 1.13 bits per heavy atom. The third kappa shape index (κ3) is 1.24. The predicted octanol–water partition coefficient (Wildman–Crippen LogP) is 2.44. The Labute approximate surface area is 86.7 Å². The van der Waals surface area contributed by atoms with Crippen LogP contribution in [0.4, 0.5) is 4.79 Å². The van der Waals surface area contributed by atoms with E-state index in [9.17, 15) is 4.79 Å². The molecule has 2 aromatic rings. The number of rotatable bonds is 0. The number of ether oxygens (including phenoxy) is 1. The fraction of sp³-hybridized carbons (Fsp3) is 0.0833. The van der Waals surface area contributed by atoms with Crippen LogP contribution in [-0.2, 0) is 6.54 Å². The number of amides is 1. The second kappa shape index (κ2) is 2.98. The summed E-state index contributed by atoms with van der Waals surface area (Å²) in [5.41, 5.74) is 1.05. The summed E-state index contributed by atoms with van der Waals surface area (Å²) < 4.78 is 5.09. The summed E-state index contributed by atoms with van der Waals surface area (Å²) in [5, 5.41) is 4.97. The van der Waals surface area contributed by atoms with Crippen LogP contribution in [0.5, 0.6) is 5.75 Å². The standard InChI is InChI=1S/C12H9NO2/c14-12-13-7-10-9-4-2-1-3-8(9)5-6-11(10)15-12/h1-6H,7H2,(H,13,14). The fourth-order valence-electron chi connectivity index (χ4n) is 1.89. The van der Waals surface area contributed by atoms with Crippen molar-refractivity contribution < 1.29 is 9.53 Å². The molecule has 1 aliphatic rings. The van der Waals surface area contributed by atoms with Crippen molar-refractivity contribution in [2.24, 2.45) is 0 Å². The minimum absolute atomic E-state index is 0.377. The molecule has 3 rings (SSSR count). The van der Waals surface area contributed by atoms with E-state index in [0.717, 1.165) is 16.3 Å². The summed E-state index contributed by atoms with van der Waals surface area (Å²) in [4.78, 5) is 11.0. The lowest BCUT2D eigenvalue weighted by atomic mass is 10.0. The monoisotopic (exact) mass is 199 g/mol. The van der Waals surface area contributed by atoms with E-state index in [1.54, 1.807) is 0 Å². The van der Waals surface area contributed by atoms with Gasteiger partial charge in [-0.2, -0.15) is 0 Å². The van der Waals surface area contributed by atoms with Gasteiger partial charge in [0.15, 0.2) is 0 Å². The molecule has 0 atom stereocenters. The zero-order valence-corrected chi connectivity index (χ0v) is 7.99. The summed E-state index contributed by atoms with van der Waals surface area (Å²) in [6, 6.07) is 11.9. The van der Waals surface area contributed by atoms with Crippen LogP contribution >= 0.6 is 0 Å². The van der Waals surface area contributed by atoms with E-state index in [1.807, 2.05) is 36.4 Å². The fourth-order valence-corrected chi connectivity index (χ4v) is 1.89. The lowest BCUT2D eigenvalue weighted by molar-refractivity contribution is 0.195. The number of carbonyl (C=O) groups is 1. The topological polar surface area (TPSA) is 38.3 Å². The molecule has 1 N–H and O–H groups in total. The van der Waals surface area contributed by atoms with Gasteiger partial charge in [0.25, 0.3) is 0 Å². The van der Waals surface area contributed by atoms with Crippen LogP contribution in [0.15, 0.2) is 36.4 Å². The van der Waals surface area contributed by atoms with Crippen LogP contribution in [-0.4, -0.2) is 6.09 Å². The minimum Gasteiger partial charge on any atom is -0.410 e. The summed E-state index contributed by atoms with van der Waals surface area (Å²) in [7, 11) is 0. The van der Waals surface area contributed by atoms with Crippen LogP contribution in [0.2, 0.25) is 0 Å². The molecule has 74 valence electrons. The quantitative estimate of drug-likeness (QED) is 0.707. The lowest BCUT2D eigenvalue weighted by Gasteiger charge is -2.18. The normalized spacial score (nSPS) is 14.3. The van der Waals surface area contributed by atoms with Crippen LogP contribution in [0, 0.1) is 0 Å². The van der Waals surface area contributed by atoms with Crippen LogP contribution in [0.1, 0.15) is 5.56 Å². The van der Waals surface area contributed by atoms with Crippen LogP contribution in [0.3, 0.4) is 0 Å². The molecule has 0 spiro atoms. The average Bonchev–Trinajstić information content (AvgIpc) is 2.28. The second-order valence-electron chi connectivity index (χ2n) is 3.51. The Balaban J connectivity index is 2.30. The van der Waals surface area contributed by atoms with Gasteiger partial charge >= 0.3 is 6.09 Å². The summed E-state index contributed by atoms with van der Waals surface area (Å²) in [5.74, 6) is 0.664. The molecule has 0 aromatic heterocycles. The first-order valence-corrected chi connectivity index (χ1v) is 4.81. The van der Waals surface area contributed by atoms with Crippen molar-refractivity contribution in [1.82, 2.24) is 5.32 Å². The molecular formula is C12H9NO2. The highest BCUT2D eigenvalue weighted by Crippen LogP contribution is 2.29. The number of benzene rings is 2. The van der Waals surface area contributed by atoms with E-state index in [1.165, 1.54) is 0 Å². The van der Waals surface area contributed by atoms with Gasteiger partial charge in [0.1, 0.15) is 5.75 Å². The molecule has 0 bridgehead atoms. The minimum atomic E-state index is -0.377. The van der Waals surface area contributed by atoms with Gasteiger partial charge in [0.05, 0.1) is 6.54 Å². The van der Waals surface area contributed by atoms with Gasteiger partial charge in [0.2, 0.25) is 0 Å². The van der Waals surface area contributed by atoms with Crippen molar-refractivity contribution in [2.75, 3.05) is 0 Å². The largest absolute Gasteiger partial charge is 0.412 e. The van der Waals surface area contributed by atoms with Gasteiger partial charge in [-0.1, -0.05) is 30.3 Å². The first kappa shape index (κ1) is 8.29. The van der Waals surface area contributed by atoms with Crippen molar-refractivity contribution >= 4 is 16.9 Å². The SMILES string of the molecule is O=C1NCc2c(ccc3ccccc23)O1. The number of nitrogens with one attached hydrogen (secondary N) is 1. The second-order valence-corrected chi connectivity index (χ2v) is 3.51. The molecule has 2 aromatic carbocycles. The number of hydrogen-bond donors (Lipinski definition) is 1. The van der Waals surface area contributed by atoms with E-state index in [0.29, 0.717) is 12.3 Å². The van der Waals surface area contributed by atoms with Gasteiger partial charge in [-0.3, -0.25) is 0 Å². The van der Waals surface area contributed by atoms with Crippen molar-refractivity contribution in [3.05, 3.63) is 42.0 Å². The third-order valence-electron chi connectivity index (χ3n) is 2.61. The van der Waals surface area contributed by atoms with Crippen molar-refractivity contribution in [2.45, 2.75) is 6.54 Å². The molecule has 3 nitrogen and oxygen atoms in total. The summed E-state index contributed by atoms with van der Waals surface area (Å²) in [6.07, 6.45) is -0.377. The molecule has 0 saturated heterocycles. The van der Waals surface area contributed by atoms with Gasteiger partial charge in [-0.25, -0.2) is 4.79 Å². The molecule has 15 heavy (non-hydrogen) atoms. The highest BCUT2D eigenvalue weighted by atomic mass is 16.6. The smallest absolute Gasteiger partial charge is 0.410 e. The van der Waals surface area contributed by atoms with Gasteiger partial charge < -0.3 is 10.1 Å². The van der Waals surface area contributed by atoms with E-state index < -0.39 is 0 Å². The molecule has 1 aliphatic heterocycles. The van der Waals surface area contributed by atoms with Crippen molar-refractivity contribution in [1.29, 1.82) is 0 Å². The highest BCUT2D eigenvalue weighted by Gasteiger charge is 2.17. The molecular weight excluding hydrogens is 190 g/mol. The van der Waals surface area contributed by atoms with Gasteiger partial charge in [-0.15, -0.1) is 0 Å². The molecule has 0 saturated carbocycles. The Morgan fingerprint density at radius 2 is 2.00 bits per heavy atom. The number of hydrogen-bond acceptors (Lipinski definition) is 2. The zero-order chi connectivity index (χ0) is 10.3. The maximum atomic E-state index is 11.0. The first-order chi connectivity index (χ1) is 7.34. The van der Waals surface area contributed by atoms with E-state index in [-0.39, 0.29) is 6.09 Å². The third-order valence-corrected chi connectivity index (χ3v) is 2.61. The van der Waals surface area contributed by atoms with Gasteiger partial charge in [0, 0.05) is 5.56 Å². The number of fused-ring (bicyclic) bond motifs is 3. The Kier molecular flexibility index (Phi) is 1.65. The molecule has 1 amide bonds. The van der Waals surface area contributed by atoms with Crippen molar-refractivity contribution in [3.63, 3.8) is 0 Å². The highest BCUT2D eigenvalue weighted by molar-refractivity contribution is 5.89. The zero-order valence-electron chi connectivity index (χ0n) is 7.99. The first-order valence-electron chi connectivity index (χ1n) is 4.81. The molecule has 0 radical (unpaired) electrons. The maximum Gasteiger partial charge on any atom is 0.412 e. The predicted molar refractivity (Wildman–Crippen MR) is 56.8 cm³/mol. The Hall–Kier alpha value is -2.03. The lowest BCUT2D eigenvalue weighted by Crippen LogP contribution is -2.31.